The number of allylic oxidation sites excluding steroid dienone is 1. The Bertz CT molecular complexity index is 738. The first-order valence-electron chi connectivity index (χ1n) is 13.6. The SMILES string of the molecule is C=C1CCC2[C@H](COC(C)=O)C([C@@]3(C)CC[C@H](C)C[C@@H]3CO[Si](C)(C)C(C)(C)C)CC[C@]12C. The Morgan fingerprint density at radius 2 is 1.76 bits per heavy atom. The number of fused-ring (bicyclic) bond motifs is 1. The largest absolute Gasteiger partial charge is 0.466 e. The molecule has 3 aliphatic carbocycles. The highest BCUT2D eigenvalue weighted by atomic mass is 28.4. The van der Waals surface area contributed by atoms with E-state index in [2.05, 4.69) is 61.2 Å². The summed E-state index contributed by atoms with van der Waals surface area (Å²) in [6.07, 6.45) is 8.63. The lowest BCUT2D eigenvalue weighted by Gasteiger charge is -2.57. The third kappa shape index (κ3) is 5.17. The second-order valence-corrected chi connectivity index (χ2v) is 18.7. The minimum absolute atomic E-state index is 0.141. The molecule has 33 heavy (non-hydrogen) atoms. The van der Waals surface area contributed by atoms with Gasteiger partial charge in [0, 0.05) is 19.4 Å². The van der Waals surface area contributed by atoms with Crippen LogP contribution in [-0.4, -0.2) is 27.5 Å². The monoisotopic (exact) mass is 476 g/mol. The van der Waals surface area contributed by atoms with Gasteiger partial charge in [0.2, 0.25) is 0 Å². The Hall–Kier alpha value is -0.613. The van der Waals surface area contributed by atoms with Gasteiger partial charge in [0.15, 0.2) is 8.32 Å². The molecule has 3 rings (SSSR count). The zero-order valence-corrected chi connectivity index (χ0v) is 24.2. The predicted molar refractivity (Wildman–Crippen MR) is 141 cm³/mol. The number of esters is 1. The van der Waals surface area contributed by atoms with Crippen molar-refractivity contribution >= 4 is 14.3 Å². The molecule has 3 fully saturated rings. The molecule has 0 amide bonds. The van der Waals surface area contributed by atoms with Gasteiger partial charge in [-0.3, -0.25) is 4.79 Å². The minimum atomic E-state index is -1.79. The first-order valence-corrected chi connectivity index (χ1v) is 16.5. The third-order valence-corrected chi connectivity index (χ3v) is 15.5. The fourth-order valence-electron chi connectivity index (χ4n) is 7.37. The Kier molecular flexibility index (Phi) is 7.72. The van der Waals surface area contributed by atoms with Crippen molar-refractivity contribution < 1.29 is 14.0 Å². The quantitative estimate of drug-likeness (QED) is 0.221. The normalized spacial score (nSPS) is 39.9. The van der Waals surface area contributed by atoms with Crippen LogP contribution in [-0.2, 0) is 14.0 Å². The van der Waals surface area contributed by atoms with Crippen molar-refractivity contribution in [1.82, 2.24) is 0 Å². The van der Waals surface area contributed by atoms with E-state index < -0.39 is 8.32 Å². The van der Waals surface area contributed by atoms with Crippen molar-refractivity contribution in [2.24, 2.45) is 40.4 Å². The standard InChI is InChI=1S/C29H52O3Si/c1-20-13-15-29(8,23(17-20)18-32-33(9,10)27(4,5)6)26-14-16-28(7)21(2)11-12-25(28)24(26)19-31-22(3)30/h20,23-26H,2,11-19H2,1,3-10H3/t20-,23+,24-,25?,26?,28+,29-/m0/s1. The summed E-state index contributed by atoms with van der Waals surface area (Å²) in [7, 11) is -1.79. The molecule has 3 nitrogen and oxygen atoms in total. The molecule has 0 aromatic rings. The van der Waals surface area contributed by atoms with Crippen LogP contribution in [0.15, 0.2) is 12.2 Å². The Morgan fingerprint density at radius 1 is 1.09 bits per heavy atom. The van der Waals surface area contributed by atoms with Crippen LogP contribution >= 0.6 is 0 Å². The smallest absolute Gasteiger partial charge is 0.302 e. The molecule has 7 atom stereocenters. The maximum Gasteiger partial charge on any atom is 0.302 e. The van der Waals surface area contributed by atoms with Gasteiger partial charge in [-0.25, -0.2) is 0 Å². The van der Waals surface area contributed by atoms with Gasteiger partial charge in [-0.15, -0.1) is 0 Å². The Balaban J connectivity index is 1.89. The molecular weight excluding hydrogens is 424 g/mol. The molecule has 0 saturated heterocycles. The first kappa shape index (κ1) is 27.0. The van der Waals surface area contributed by atoms with E-state index in [0.717, 1.165) is 18.9 Å². The molecule has 3 aliphatic rings. The van der Waals surface area contributed by atoms with Crippen LogP contribution in [0.3, 0.4) is 0 Å². The van der Waals surface area contributed by atoms with Crippen molar-refractivity contribution in [3.8, 4) is 0 Å². The number of carbonyl (C=O) groups excluding carboxylic acids is 1. The third-order valence-electron chi connectivity index (χ3n) is 11.0. The van der Waals surface area contributed by atoms with Gasteiger partial charge < -0.3 is 9.16 Å². The van der Waals surface area contributed by atoms with E-state index in [1.807, 2.05) is 0 Å². The number of hydrogen-bond acceptors (Lipinski definition) is 3. The van der Waals surface area contributed by atoms with E-state index in [9.17, 15) is 4.79 Å². The van der Waals surface area contributed by atoms with Crippen molar-refractivity contribution in [1.29, 1.82) is 0 Å². The topological polar surface area (TPSA) is 35.5 Å². The Morgan fingerprint density at radius 3 is 2.36 bits per heavy atom. The lowest BCUT2D eigenvalue weighted by molar-refractivity contribution is -0.149. The summed E-state index contributed by atoms with van der Waals surface area (Å²) in [5, 5.41) is 0.235. The summed E-state index contributed by atoms with van der Waals surface area (Å²) >= 11 is 0. The molecule has 0 spiro atoms. The van der Waals surface area contributed by atoms with Gasteiger partial charge in [0.1, 0.15) is 0 Å². The van der Waals surface area contributed by atoms with Crippen LogP contribution in [0, 0.1) is 40.4 Å². The van der Waals surface area contributed by atoms with Crippen LogP contribution in [0.5, 0.6) is 0 Å². The van der Waals surface area contributed by atoms with Gasteiger partial charge in [-0.05, 0) is 91.2 Å². The van der Waals surface area contributed by atoms with Crippen LogP contribution in [0.25, 0.3) is 0 Å². The highest BCUT2D eigenvalue weighted by molar-refractivity contribution is 6.74. The molecule has 4 heteroatoms. The molecule has 0 bridgehead atoms. The highest BCUT2D eigenvalue weighted by Crippen LogP contribution is 2.64. The molecule has 0 aliphatic heterocycles. The number of carbonyl (C=O) groups is 1. The van der Waals surface area contributed by atoms with Crippen LogP contribution < -0.4 is 0 Å². The zero-order chi connectivity index (χ0) is 24.8. The average Bonchev–Trinajstić information content (AvgIpc) is 3.01. The number of rotatable bonds is 6. The summed E-state index contributed by atoms with van der Waals surface area (Å²) in [6, 6.07) is 0. The summed E-state index contributed by atoms with van der Waals surface area (Å²) in [4.78, 5) is 11.8. The molecule has 3 saturated carbocycles. The summed E-state index contributed by atoms with van der Waals surface area (Å²) in [6.45, 7) is 26.7. The van der Waals surface area contributed by atoms with E-state index in [1.165, 1.54) is 44.1 Å². The summed E-state index contributed by atoms with van der Waals surface area (Å²) in [5.74, 6) is 2.80. The summed E-state index contributed by atoms with van der Waals surface area (Å²) < 4.78 is 12.6. The van der Waals surface area contributed by atoms with E-state index in [0.29, 0.717) is 30.3 Å². The van der Waals surface area contributed by atoms with Crippen molar-refractivity contribution in [3.63, 3.8) is 0 Å². The average molecular weight is 477 g/mol. The molecule has 0 heterocycles. The van der Waals surface area contributed by atoms with Crippen molar-refractivity contribution in [3.05, 3.63) is 12.2 Å². The molecular formula is C29H52O3Si. The molecule has 0 radical (unpaired) electrons. The van der Waals surface area contributed by atoms with E-state index in [4.69, 9.17) is 9.16 Å². The van der Waals surface area contributed by atoms with E-state index in [-0.39, 0.29) is 21.8 Å². The lowest BCUT2D eigenvalue weighted by atomic mass is 9.49. The van der Waals surface area contributed by atoms with E-state index >= 15 is 0 Å². The molecule has 190 valence electrons. The maximum absolute atomic E-state index is 11.8. The molecule has 2 unspecified atom stereocenters. The van der Waals surface area contributed by atoms with E-state index in [1.54, 1.807) is 6.92 Å². The van der Waals surface area contributed by atoms with Gasteiger partial charge in [-0.1, -0.05) is 60.1 Å². The highest BCUT2D eigenvalue weighted by Gasteiger charge is 2.57. The second kappa shape index (κ2) is 9.45. The fourth-order valence-corrected chi connectivity index (χ4v) is 8.42. The number of hydrogen-bond donors (Lipinski definition) is 0. The lowest BCUT2D eigenvalue weighted by Crippen LogP contribution is -2.52. The predicted octanol–water partition coefficient (Wildman–Crippen LogP) is 8.01. The molecule has 0 aromatic heterocycles. The maximum atomic E-state index is 11.8. The van der Waals surface area contributed by atoms with Crippen LogP contribution in [0.4, 0.5) is 0 Å². The molecule has 0 aromatic carbocycles. The van der Waals surface area contributed by atoms with Crippen LogP contribution in [0.2, 0.25) is 18.1 Å². The van der Waals surface area contributed by atoms with Gasteiger partial charge in [0.05, 0.1) is 6.61 Å². The minimum Gasteiger partial charge on any atom is -0.466 e. The first-order chi connectivity index (χ1) is 15.1. The van der Waals surface area contributed by atoms with Crippen LogP contribution in [0.1, 0.15) is 93.4 Å². The van der Waals surface area contributed by atoms with Gasteiger partial charge >= 0.3 is 5.97 Å². The fraction of sp³-hybridized carbons (Fsp3) is 0.897. The van der Waals surface area contributed by atoms with Gasteiger partial charge in [0.25, 0.3) is 0 Å². The van der Waals surface area contributed by atoms with Crippen molar-refractivity contribution in [2.45, 2.75) is 112 Å². The zero-order valence-electron chi connectivity index (χ0n) is 23.2. The summed E-state index contributed by atoms with van der Waals surface area (Å²) in [5.41, 5.74) is 1.89. The second-order valence-electron chi connectivity index (χ2n) is 13.9. The van der Waals surface area contributed by atoms with Gasteiger partial charge in [-0.2, -0.15) is 0 Å². The van der Waals surface area contributed by atoms with Crippen molar-refractivity contribution in [2.75, 3.05) is 13.2 Å². The molecule has 0 N–H and O–H groups in total. The Labute approximate surface area is 205 Å². The number of ether oxygens (including phenoxy) is 1.